The molecule has 0 unspecified atom stereocenters. The van der Waals surface area contributed by atoms with Gasteiger partial charge in [-0.15, -0.1) is 0 Å². The summed E-state index contributed by atoms with van der Waals surface area (Å²) < 4.78 is 39.3. The second kappa shape index (κ2) is 10.8. The molecule has 1 spiro atoms. The molecule has 10 nitrogen and oxygen atoms in total. The van der Waals surface area contributed by atoms with Gasteiger partial charge in [0.1, 0.15) is 5.60 Å². The first-order valence-corrected chi connectivity index (χ1v) is 16.2. The van der Waals surface area contributed by atoms with Crippen LogP contribution in [0.5, 0.6) is 0 Å². The van der Waals surface area contributed by atoms with E-state index in [0.29, 0.717) is 54.4 Å². The molecule has 234 valence electrons. The Labute approximate surface area is 262 Å². The molecule has 6 rings (SSSR count). The Hall–Kier alpha value is -4.51. The lowest BCUT2D eigenvalue weighted by atomic mass is 9.73. The Morgan fingerprint density at radius 2 is 1.67 bits per heavy atom. The summed E-state index contributed by atoms with van der Waals surface area (Å²) in [5.41, 5.74) is 2.95. The predicted octanol–water partition coefficient (Wildman–Crippen LogP) is 5.89. The van der Waals surface area contributed by atoms with Gasteiger partial charge in [0.05, 0.1) is 17.6 Å². The third-order valence-electron chi connectivity index (χ3n) is 8.68. The molecule has 0 saturated carbocycles. The minimum Gasteiger partial charge on any atom is -0.465 e. The molecule has 45 heavy (non-hydrogen) atoms. The Kier molecular flexibility index (Phi) is 7.35. The molecular weight excluding hydrogens is 594 g/mol. The molecule has 2 aromatic heterocycles. The molecule has 1 aliphatic carbocycles. The van der Waals surface area contributed by atoms with Crippen molar-refractivity contribution >= 4 is 38.9 Å². The number of carbonyl (C=O) groups excluding carboxylic acids is 3. The van der Waals surface area contributed by atoms with E-state index in [9.17, 15) is 22.8 Å². The maximum atomic E-state index is 13.9. The number of pyridine rings is 1. The van der Waals surface area contributed by atoms with Crippen LogP contribution >= 0.6 is 0 Å². The van der Waals surface area contributed by atoms with E-state index in [2.05, 4.69) is 4.98 Å². The fourth-order valence-corrected chi connectivity index (χ4v) is 7.65. The van der Waals surface area contributed by atoms with Crippen molar-refractivity contribution in [1.82, 2.24) is 13.9 Å². The van der Waals surface area contributed by atoms with Crippen LogP contribution in [0.15, 0.2) is 65.8 Å². The fourth-order valence-electron chi connectivity index (χ4n) is 6.33. The summed E-state index contributed by atoms with van der Waals surface area (Å²) in [6, 6.07) is 13.7. The van der Waals surface area contributed by atoms with Crippen LogP contribution < -0.4 is 0 Å². The number of likely N-dealkylation sites (tertiary alicyclic amines) is 1. The summed E-state index contributed by atoms with van der Waals surface area (Å²) in [4.78, 5) is 44.6. The van der Waals surface area contributed by atoms with E-state index in [-0.39, 0.29) is 28.0 Å². The van der Waals surface area contributed by atoms with Crippen LogP contribution in [0.4, 0.5) is 4.79 Å². The number of fused-ring (bicyclic) bond motifs is 3. The minimum absolute atomic E-state index is 0.0429. The highest BCUT2D eigenvalue weighted by molar-refractivity contribution is 7.90. The van der Waals surface area contributed by atoms with Crippen molar-refractivity contribution in [2.45, 2.75) is 62.9 Å². The van der Waals surface area contributed by atoms with Gasteiger partial charge in [-0.25, -0.2) is 27.0 Å². The molecule has 2 aromatic carbocycles. The standard InChI is InChI=1S/C34H35N3O7S/c1-21-6-9-24(10-7-21)45(41,42)37-20-27(26-16-23(31(39)43-5)19-35-30(26)37)22-8-11-25-28(17-22)34(18-29(25)38)12-14-36(15-13-34)32(40)44-33(2,3)4/h6-11,16-17,19-20H,12-15,18H2,1-5H3. The summed E-state index contributed by atoms with van der Waals surface area (Å²) in [7, 11) is -2.78. The number of piperidine rings is 1. The third kappa shape index (κ3) is 5.39. The van der Waals surface area contributed by atoms with E-state index in [1.807, 2.05) is 33.8 Å². The second-order valence-corrected chi connectivity index (χ2v) is 14.7. The average molecular weight is 630 g/mol. The molecular formula is C34H35N3O7S. The smallest absolute Gasteiger partial charge is 0.410 e. The zero-order chi connectivity index (χ0) is 32.3. The first-order valence-electron chi connectivity index (χ1n) is 14.8. The highest BCUT2D eigenvalue weighted by Gasteiger charge is 2.46. The van der Waals surface area contributed by atoms with E-state index in [1.54, 1.807) is 47.4 Å². The summed E-state index contributed by atoms with van der Waals surface area (Å²) in [6.07, 6.45) is 3.97. The molecule has 0 N–H and O–H groups in total. The maximum absolute atomic E-state index is 13.9. The maximum Gasteiger partial charge on any atom is 0.410 e. The lowest BCUT2D eigenvalue weighted by Gasteiger charge is -2.40. The number of aromatic nitrogens is 2. The Balaban J connectivity index is 1.44. The Morgan fingerprint density at radius 3 is 2.31 bits per heavy atom. The molecule has 1 aliphatic heterocycles. The van der Waals surface area contributed by atoms with Gasteiger partial charge in [-0.1, -0.05) is 29.8 Å². The van der Waals surface area contributed by atoms with Gasteiger partial charge in [-0.05, 0) is 75.9 Å². The van der Waals surface area contributed by atoms with Crippen molar-refractivity contribution in [2.75, 3.05) is 20.2 Å². The van der Waals surface area contributed by atoms with Crippen LogP contribution in [-0.4, -0.2) is 65.9 Å². The average Bonchev–Trinajstić information content (AvgIpc) is 3.51. The van der Waals surface area contributed by atoms with Gasteiger partial charge in [-0.2, -0.15) is 0 Å². The van der Waals surface area contributed by atoms with Crippen molar-refractivity contribution in [2.24, 2.45) is 0 Å². The Morgan fingerprint density at radius 1 is 0.978 bits per heavy atom. The van der Waals surface area contributed by atoms with Crippen LogP contribution in [0, 0.1) is 6.92 Å². The van der Waals surface area contributed by atoms with Gasteiger partial charge >= 0.3 is 12.1 Å². The molecule has 0 bridgehead atoms. The molecule has 1 fully saturated rings. The number of amides is 1. The van der Waals surface area contributed by atoms with Crippen molar-refractivity contribution in [3.63, 3.8) is 0 Å². The molecule has 1 saturated heterocycles. The fraction of sp³-hybridized carbons (Fsp3) is 0.353. The lowest BCUT2D eigenvalue weighted by molar-refractivity contribution is 0.0165. The van der Waals surface area contributed by atoms with E-state index in [4.69, 9.17) is 9.47 Å². The zero-order valence-corrected chi connectivity index (χ0v) is 26.7. The number of hydrogen-bond acceptors (Lipinski definition) is 8. The first kappa shape index (κ1) is 30.5. The van der Waals surface area contributed by atoms with Gasteiger partial charge in [0, 0.05) is 53.8 Å². The van der Waals surface area contributed by atoms with Crippen molar-refractivity contribution in [3.05, 3.63) is 83.2 Å². The molecule has 1 amide bonds. The normalized spacial score (nSPS) is 16.2. The topological polar surface area (TPSA) is 125 Å². The molecule has 2 aliphatic rings. The summed E-state index contributed by atoms with van der Waals surface area (Å²) in [5, 5.41) is 0.451. The SMILES string of the molecule is COC(=O)c1cnc2c(c1)c(-c1ccc3c(c1)C1(CCN(C(=O)OC(C)(C)C)CC1)CC3=O)cn2S(=O)(=O)c1ccc(C)cc1. The zero-order valence-electron chi connectivity index (χ0n) is 25.9. The van der Waals surface area contributed by atoms with Crippen molar-refractivity contribution in [3.8, 4) is 11.1 Å². The van der Waals surface area contributed by atoms with Gasteiger partial charge < -0.3 is 14.4 Å². The third-order valence-corrected chi connectivity index (χ3v) is 10.3. The number of rotatable bonds is 4. The van der Waals surface area contributed by atoms with Crippen LogP contribution in [0.1, 0.15) is 71.9 Å². The van der Waals surface area contributed by atoms with Gasteiger partial charge in [-0.3, -0.25) is 4.79 Å². The number of benzene rings is 2. The number of methoxy groups -OCH3 is 1. The lowest BCUT2D eigenvalue weighted by Crippen LogP contribution is -2.46. The quantitative estimate of drug-likeness (QED) is 0.256. The molecule has 4 aromatic rings. The van der Waals surface area contributed by atoms with Gasteiger partial charge in [0.15, 0.2) is 11.4 Å². The molecule has 0 atom stereocenters. The molecule has 11 heteroatoms. The van der Waals surface area contributed by atoms with E-state index < -0.39 is 27.0 Å². The van der Waals surface area contributed by atoms with Gasteiger partial charge in [0.2, 0.25) is 0 Å². The molecule has 3 heterocycles. The Bertz CT molecular complexity index is 1960. The minimum atomic E-state index is -4.05. The highest BCUT2D eigenvalue weighted by Crippen LogP contribution is 2.48. The summed E-state index contributed by atoms with van der Waals surface area (Å²) >= 11 is 0. The molecule has 0 radical (unpaired) electrons. The van der Waals surface area contributed by atoms with Crippen LogP contribution in [0.3, 0.4) is 0 Å². The number of nitrogens with zero attached hydrogens (tertiary/aromatic N) is 3. The number of carbonyl (C=O) groups is 3. The monoisotopic (exact) mass is 629 g/mol. The largest absolute Gasteiger partial charge is 0.465 e. The summed E-state index contributed by atoms with van der Waals surface area (Å²) in [6.45, 7) is 8.27. The first-order chi connectivity index (χ1) is 21.2. The predicted molar refractivity (Wildman–Crippen MR) is 168 cm³/mol. The van der Waals surface area contributed by atoms with E-state index in [0.717, 1.165) is 15.1 Å². The summed E-state index contributed by atoms with van der Waals surface area (Å²) in [5.74, 6) is -0.555. The number of aryl methyl sites for hydroxylation is 1. The number of esters is 1. The van der Waals surface area contributed by atoms with Crippen LogP contribution in [-0.2, 0) is 24.9 Å². The number of hydrogen-bond donors (Lipinski definition) is 0. The van der Waals surface area contributed by atoms with Crippen LogP contribution in [0.25, 0.3) is 22.2 Å². The number of ketones is 1. The number of Topliss-reactive ketones (excluding diaryl/α,β-unsaturated/α-hetero) is 1. The van der Waals surface area contributed by atoms with Gasteiger partial charge in [0.25, 0.3) is 10.0 Å². The van der Waals surface area contributed by atoms with Crippen molar-refractivity contribution < 1.29 is 32.3 Å². The van der Waals surface area contributed by atoms with Crippen molar-refractivity contribution in [1.29, 1.82) is 0 Å². The highest BCUT2D eigenvalue weighted by atomic mass is 32.2. The van der Waals surface area contributed by atoms with Crippen LogP contribution in [0.2, 0.25) is 0 Å². The van der Waals surface area contributed by atoms with E-state index in [1.165, 1.54) is 19.5 Å². The number of ether oxygens (including phenoxy) is 2. The van der Waals surface area contributed by atoms with E-state index >= 15 is 0 Å². The second-order valence-electron chi connectivity index (χ2n) is 12.9.